The van der Waals surface area contributed by atoms with Crippen molar-refractivity contribution in [3.63, 3.8) is 0 Å². The molecule has 0 amide bonds. The molecule has 3 rings (SSSR count). The van der Waals surface area contributed by atoms with Gasteiger partial charge in [0.25, 0.3) is 0 Å². The van der Waals surface area contributed by atoms with Gasteiger partial charge in [-0.25, -0.2) is 13.1 Å². The van der Waals surface area contributed by atoms with Crippen molar-refractivity contribution in [1.29, 1.82) is 0 Å². The predicted octanol–water partition coefficient (Wildman–Crippen LogP) is 1.91. The number of rotatable bonds is 7. The van der Waals surface area contributed by atoms with Crippen LogP contribution in [-0.2, 0) is 14.8 Å². The van der Waals surface area contributed by atoms with Gasteiger partial charge >= 0.3 is 0 Å². The van der Waals surface area contributed by atoms with Gasteiger partial charge in [0.2, 0.25) is 10.0 Å². The summed E-state index contributed by atoms with van der Waals surface area (Å²) < 4.78 is 27.9. The third-order valence-electron chi connectivity index (χ3n) is 5.64. The predicted molar refractivity (Wildman–Crippen MR) is 127 cm³/mol. The van der Waals surface area contributed by atoms with E-state index in [4.69, 9.17) is 0 Å². The smallest absolute Gasteiger partial charge is 0.241 e. The van der Waals surface area contributed by atoms with E-state index in [0.29, 0.717) is 5.39 Å². The Hall–Kier alpha value is -2.16. The van der Waals surface area contributed by atoms with Crippen molar-refractivity contribution >= 4 is 32.5 Å². The minimum absolute atomic E-state index is 0.0125. The topological polar surface area (TPSA) is 117 Å². The molecule has 1 aliphatic rings. The summed E-state index contributed by atoms with van der Waals surface area (Å²) in [6.45, 7) is 3.65. The minimum Gasteiger partial charge on any atom is -0.548 e. The summed E-state index contributed by atoms with van der Waals surface area (Å²) >= 11 is 0. The molecule has 4 N–H and O–H groups in total. The molecule has 7 nitrogen and oxygen atoms in total. The summed E-state index contributed by atoms with van der Waals surface area (Å²) in [7, 11) is -0.253. The van der Waals surface area contributed by atoms with E-state index in [0.717, 1.165) is 17.1 Å². The number of carbonyl (C=O) groups is 1. The Kier molecular flexibility index (Phi) is 9.48. The van der Waals surface area contributed by atoms with Crippen LogP contribution in [0.25, 0.3) is 10.8 Å². The molecule has 178 valence electrons. The lowest BCUT2D eigenvalue weighted by Crippen LogP contribution is -2.61. The van der Waals surface area contributed by atoms with Crippen LogP contribution in [0.3, 0.4) is 0 Å². The number of nitrogens with zero attached hydrogens (tertiary/aromatic N) is 1. The van der Waals surface area contributed by atoms with Crippen molar-refractivity contribution < 1.29 is 24.1 Å². The highest BCUT2D eigenvalue weighted by Gasteiger charge is 2.24. The lowest BCUT2D eigenvalue weighted by Gasteiger charge is -2.22. The van der Waals surface area contributed by atoms with Gasteiger partial charge in [0.05, 0.1) is 22.9 Å². The number of hydrogen-bond donors (Lipinski definition) is 2. The first-order valence-corrected chi connectivity index (χ1v) is 12.8. The number of carboxylic acids is 1. The second-order valence-corrected chi connectivity index (χ2v) is 10.8. The fraction of sp³-hybridized carbons (Fsp3) is 0.542. The molecule has 0 unspecified atom stereocenters. The van der Waals surface area contributed by atoms with Crippen LogP contribution in [0.5, 0.6) is 0 Å². The summed E-state index contributed by atoms with van der Waals surface area (Å²) in [5, 5.41) is 12.6. The van der Waals surface area contributed by atoms with E-state index in [2.05, 4.69) is 10.5 Å². The molecule has 2 aromatic rings. The maximum Gasteiger partial charge on any atom is 0.241 e. The molecule has 0 spiro atoms. The van der Waals surface area contributed by atoms with Gasteiger partial charge in [0, 0.05) is 30.6 Å². The zero-order valence-electron chi connectivity index (χ0n) is 19.6. The van der Waals surface area contributed by atoms with Crippen LogP contribution in [0.4, 0.5) is 5.69 Å². The van der Waals surface area contributed by atoms with Crippen LogP contribution < -0.4 is 20.5 Å². The summed E-state index contributed by atoms with van der Waals surface area (Å²) in [6, 6.07) is 9.88. The van der Waals surface area contributed by atoms with Gasteiger partial charge in [0.15, 0.2) is 0 Å². The van der Waals surface area contributed by atoms with Crippen LogP contribution in [0.1, 0.15) is 52.4 Å². The monoisotopic (exact) mass is 463 g/mol. The fourth-order valence-electron chi connectivity index (χ4n) is 3.99. The SMILES string of the molecule is CC(C)C[C@H](NS(=O)(=O)c1cccc2c(N(C)C)cccc12)C(=O)[O-].[NH3+]C1CCCCC1. The van der Waals surface area contributed by atoms with Gasteiger partial charge in [-0.1, -0.05) is 44.5 Å². The molecule has 0 saturated heterocycles. The van der Waals surface area contributed by atoms with Crippen LogP contribution in [0.15, 0.2) is 41.3 Å². The molecule has 2 aromatic carbocycles. The summed E-state index contributed by atoms with van der Waals surface area (Å²) in [4.78, 5) is 13.3. The maximum absolute atomic E-state index is 12.8. The molecular weight excluding hydrogens is 426 g/mol. The largest absolute Gasteiger partial charge is 0.548 e. The summed E-state index contributed by atoms with van der Waals surface area (Å²) in [6.07, 6.45) is 7.21. The average molecular weight is 464 g/mol. The van der Waals surface area contributed by atoms with Gasteiger partial charge in [-0.05, 0) is 50.2 Å². The maximum atomic E-state index is 12.8. The Labute approximate surface area is 192 Å². The standard InChI is InChI=1S/C18H24N2O4S.C6H13N/c1-12(2)11-15(18(21)22)19-25(23,24)17-10-6-7-13-14(17)8-5-9-16(13)20(3)4;7-6-4-2-1-3-5-6/h5-10,12,15,19H,11H2,1-4H3,(H,21,22);6H,1-5,7H2/t15-;/m0./s1. The summed E-state index contributed by atoms with van der Waals surface area (Å²) in [5.74, 6) is -1.41. The first-order valence-electron chi connectivity index (χ1n) is 11.3. The zero-order valence-corrected chi connectivity index (χ0v) is 20.5. The van der Waals surface area contributed by atoms with Gasteiger partial charge in [-0.3, -0.25) is 0 Å². The van der Waals surface area contributed by atoms with E-state index < -0.39 is 22.0 Å². The number of nitrogens with one attached hydrogen (secondary N) is 1. The number of hydrogen-bond acceptors (Lipinski definition) is 5. The average Bonchev–Trinajstić information content (AvgIpc) is 2.72. The first-order chi connectivity index (χ1) is 15.0. The van der Waals surface area contributed by atoms with Crippen LogP contribution in [0, 0.1) is 5.92 Å². The molecule has 1 fully saturated rings. The first kappa shape index (κ1) is 26.1. The number of carbonyl (C=O) groups excluding carboxylic acids is 1. The quantitative estimate of drug-likeness (QED) is 0.650. The van der Waals surface area contributed by atoms with Crippen molar-refractivity contribution in [3.05, 3.63) is 36.4 Å². The van der Waals surface area contributed by atoms with Gasteiger partial charge in [0.1, 0.15) is 0 Å². The van der Waals surface area contributed by atoms with Crippen molar-refractivity contribution in [2.45, 2.75) is 69.4 Å². The lowest BCUT2D eigenvalue weighted by molar-refractivity contribution is -0.425. The number of quaternary nitrogens is 1. The highest BCUT2D eigenvalue weighted by atomic mass is 32.2. The van der Waals surface area contributed by atoms with E-state index in [1.165, 1.54) is 38.2 Å². The Balaban J connectivity index is 0.000000439. The molecule has 32 heavy (non-hydrogen) atoms. The lowest BCUT2D eigenvalue weighted by atomic mass is 9.97. The number of benzene rings is 2. The van der Waals surface area contributed by atoms with Crippen LogP contribution in [0.2, 0.25) is 0 Å². The highest BCUT2D eigenvalue weighted by Crippen LogP contribution is 2.30. The Morgan fingerprint density at radius 2 is 1.69 bits per heavy atom. The van der Waals surface area contributed by atoms with Crippen molar-refractivity contribution in [2.24, 2.45) is 5.92 Å². The van der Waals surface area contributed by atoms with E-state index in [-0.39, 0.29) is 17.2 Å². The molecular formula is C24H37N3O4S. The molecule has 1 atom stereocenters. The molecule has 1 aliphatic carbocycles. The summed E-state index contributed by atoms with van der Waals surface area (Å²) in [5.41, 5.74) is 4.88. The number of fused-ring (bicyclic) bond motifs is 1. The normalized spacial score (nSPS) is 15.8. The third kappa shape index (κ3) is 7.18. The molecule has 1 saturated carbocycles. The van der Waals surface area contributed by atoms with Gasteiger partial charge < -0.3 is 20.5 Å². The van der Waals surface area contributed by atoms with Crippen LogP contribution >= 0.6 is 0 Å². The van der Waals surface area contributed by atoms with Crippen molar-refractivity contribution in [1.82, 2.24) is 4.72 Å². The second-order valence-electron chi connectivity index (χ2n) is 9.15. The molecule has 0 aromatic heterocycles. The molecule has 0 heterocycles. The Morgan fingerprint density at radius 3 is 2.19 bits per heavy atom. The van der Waals surface area contributed by atoms with Gasteiger partial charge in [-0.2, -0.15) is 0 Å². The molecule has 0 bridgehead atoms. The zero-order chi connectivity index (χ0) is 23.9. The molecule has 0 radical (unpaired) electrons. The van der Waals surface area contributed by atoms with Crippen LogP contribution in [-0.4, -0.2) is 40.6 Å². The van der Waals surface area contributed by atoms with E-state index in [9.17, 15) is 18.3 Å². The second kappa shape index (κ2) is 11.6. The number of aliphatic carboxylic acids is 1. The van der Waals surface area contributed by atoms with Crippen molar-refractivity contribution in [2.75, 3.05) is 19.0 Å². The Morgan fingerprint density at radius 1 is 1.09 bits per heavy atom. The van der Waals surface area contributed by atoms with E-state index >= 15 is 0 Å². The minimum atomic E-state index is -4.01. The van der Waals surface area contributed by atoms with Crippen molar-refractivity contribution in [3.8, 4) is 0 Å². The van der Waals surface area contributed by atoms with Gasteiger partial charge in [-0.15, -0.1) is 0 Å². The van der Waals surface area contributed by atoms with E-state index in [1.54, 1.807) is 18.2 Å². The molecule has 0 aliphatic heterocycles. The number of sulfonamides is 1. The fourth-order valence-corrected chi connectivity index (χ4v) is 5.41. The highest BCUT2D eigenvalue weighted by molar-refractivity contribution is 7.89. The Bertz CT molecular complexity index is 999. The number of carboxylic acid groups (broad SMARTS) is 1. The third-order valence-corrected chi connectivity index (χ3v) is 7.17. The number of anilines is 1. The van der Waals surface area contributed by atoms with E-state index in [1.807, 2.05) is 45.0 Å². The molecule has 8 heteroatoms.